The van der Waals surface area contributed by atoms with Crippen molar-refractivity contribution in [3.63, 3.8) is 0 Å². The number of aromatic amines is 1. The number of H-pyrrole nitrogens is 1. The molecule has 1 aromatic carbocycles. The maximum Gasteiger partial charge on any atom is 0.238 e. The number of amides is 1. The summed E-state index contributed by atoms with van der Waals surface area (Å²) in [7, 11) is 1.73. The number of carbonyl (C=O) groups excluding carboxylic acids is 1. The van der Waals surface area contributed by atoms with Crippen LogP contribution < -0.4 is 10.6 Å². The molecule has 2 rings (SSSR count). The lowest BCUT2D eigenvalue weighted by atomic mass is 10.3. The zero-order chi connectivity index (χ0) is 12.8. The molecule has 0 atom stereocenters. The second-order valence-electron chi connectivity index (χ2n) is 3.50. The van der Waals surface area contributed by atoms with Crippen molar-refractivity contribution >= 4 is 23.4 Å². The van der Waals surface area contributed by atoms with Crippen molar-refractivity contribution in [2.24, 2.45) is 0 Å². The van der Waals surface area contributed by atoms with Crippen LogP contribution in [0, 0.1) is 0 Å². The van der Waals surface area contributed by atoms with Gasteiger partial charge in [-0.1, -0.05) is 11.8 Å². The first-order valence-electron chi connectivity index (χ1n) is 5.35. The van der Waals surface area contributed by atoms with Gasteiger partial charge in [-0.05, 0) is 31.3 Å². The van der Waals surface area contributed by atoms with E-state index in [0.717, 1.165) is 15.7 Å². The van der Waals surface area contributed by atoms with Gasteiger partial charge in [0.15, 0.2) is 5.16 Å². The highest BCUT2D eigenvalue weighted by molar-refractivity contribution is 7.99. The number of benzene rings is 1. The molecule has 0 aliphatic carbocycles. The lowest BCUT2D eigenvalue weighted by Gasteiger charge is -2.05. The maximum absolute atomic E-state index is 11.4. The zero-order valence-electron chi connectivity index (χ0n) is 9.80. The van der Waals surface area contributed by atoms with Gasteiger partial charge in [0.2, 0.25) is 5.91 Å². The minimum absolute atomic E-state index is 0.0619. The van der Waals surface area contributed by atoms with E-state index >= 15 is 0 Å². The predicted molar refractivity (Wildman–Crippen MR) is 69.5 cm³/mol. The maximum atomic E-state index is 11.4. The largest absolute Gasteiger partial charge is 0.325 e. The van der Waals surface area contributed by atoms with E-state index in [9.17, 15) is 4.79 Å². The van der Waals surface area contributed by atoms with Crippen molar-refractivity contribution in [3.8, 4) is 0 Å². The smallest absolute Gasteiger partial charge is 0.238 e. The van der Waals surface area contributed by atoms with Crippen molar-refractivity contribution in [3.05, 3.63) is 30.6 Å². The molecule has 0 aliphatic rings. The molecule has 18 heavy (non-hydrogen) atoms. The summed E-state index contributed by atoms with van der Waals surface area (Å²) in [6.45, 7) is 0.300. The van der Waals surface area contributed by atoms with E-state index < -0.39 is 0 Å². The van der Waals surface area contributed by atoms with Crippen LogP contribution in [0.4, 0.5) is 5.69 Å². The first kappa shape index (κ1) is 12.6. The molecule has 1 heterocycles. The molecule has 1 amide bonds. The number of nitrogens with one attached hydrogen (secondary N) is 3. The Morgan fingerprint density at radius 1 is 1.39 bits per heavy atom. The summed E-state index contributed by atoms with van der Waals surface area (Å²) >= 11 is 1.48. The van der Waals surface area contributed by atoms with Crippen molar-refractivity contribution in [1.82, 2.24) is 20.5 Å². The second-order valence-corrected chi connectivity index (χ2v) is 4.56. The highest BCUT2D eigenvalue weighted by Crippen LogP contribution is 2.24. The zero-order valence-corrected chi connectivity index (χ0v) is 10.6. The molecule has 0 aliphatic heterocycles. The van der Waals surface area contributed by atoms with E-state index in [2.05, 4.69) is 25.8 Å². The number of likely N-dealkylation sites (N-methyl/N-ethyl adjacent to an activating group) is 1. The Balaban J connectivity index is 1.95. The summed E-state index contributed by atoms with van der Waals surface area (Å²) in [5, 5.41) is 12.9. The van der Waals surface area contributed by atoms with Gasteiger partial charge in [-0.15, -0.1) is 0 Å². The fraction of sp³-hybridized carbons (Fsp3) is 0.182. The molecule has 0 fully saturated rings. The molecule has 2 aromatic rings. The molecule has 3 N–H and O–H groups in total. The fourth-order valence-corrected chi connectivity index (χ4v) is 2.02. The lowest BCUT2D eigenvalue weighted by molar-refractivity contribution is -0.115. The van der Waals surface area contributed by atoms with E-state index in [0.29, 0.717) is 6.54 Å². The van der Waals surface area contributed by atoms with Gasteiger partial charge in [-0.25, -0.2) is 4.98 Å². The van der Waals surface area contributed by atoms with Gasteiger partial charge in [0, 0.05) is 10.6 Å². The lowest BCUT2D eigenvalue weighted by Crippen LogP contribution is -2.24. The number of carbonyl (C=O) groups is 1. The molecule has 0 bridgehead atoms. The number of nitrogens with zero attached hydrogens (tertiary/aromatic N) is 2. The number of hydrogen-bond acceptors (Lipinski definition) is 5. The van der Waals surface area contributed by atoms with Crippen LogP contribution in [-0.2, 0) is 4.79 Å². The summed E-state index contributed by atoms with van der Waals surface area (Å²) < 4.78 is 0. The van der Waals surface area contributed by atoms with Crippen LogP contribution in [0.25, 0.3) is 0 Å². The minimum atomic E-state index is -0.0619. The van der Waals surface area contributed by atoms with Gasteiger partial charge < -0.3 is 10.6 Å². The van der Waals surface area contributed by atoms with Crippen molar-refractivity contribution in [2.45, 2.75) is 10.1 Å². The molecular formula is C11H13N5OS. The van der Waals surface area contributed by atoms with Crippen LogP contribution in [0.15, 0.2) is 40.6 Å². The van der Waals surface area contributed by atoms with Crippen LogP contribution in [0.3, 0.4) is 0 Å². The molecule has 0 radical (unpaired) electrons. The summed E-state index contributed by atoms with van der Waals surface area (Å²) in [6.07, 6.45) is 1.47. The van der Waals surface area contributed by atoms with Gasteiger partial charge >= 0.3 is 0 Å². The van der Waals surface area contributed by atoms with Gasteiger partial charge in [-0.3, -0.25) is 9.89 Å². The Hall–Kier alpha value is -1.86. The number of anilines is 1. The highest BCUT2D eigenvalue weighted by Gasteiger charge is 2.02. The number of rotatable bonds is 5. The molecule has 1 aromatic heterocycles. The van der Waals surface area contributed by atoms with Crippen LogP contribution in [0.1, 0.15) is 0 Å². The molecule has 6 nitrogen and oxygen atoms in total. The van der Waals surface area contributed by atoms with E-state index in [-0.39, 0.29) is 5.91 Å². The Morgan fingerprint density at radius 2 is 2.17 bits per heavy atom. The molecule has 0 saturated carbocycles. The van der Waals surface area contributed by atoms with Gasteiger partial charge in [0.25, 0.3) is 0 Å². The quantitative estimate of drug-likeness (QED) is 0.753. The Kier molecular flexibility index (Phi) is 4.32. The summed E-state index contributed by atoms with van der Waals surface area (Å²) in [5.74, 6) is -0.0619. The number of aromatic nitrogens is 3. The molecule has 0 unspecified atom stereocenters. The predicted octanol–water partition coefficient (Wildman–Crippen LogP) is 1.11. The van der Waals surface area contributed by atoms with Crippen molar-refractivity contribution < 1.29 is 4.79 Å². The fourth-order valence-electron chi connectivity index (χ4n) is 1.33. The van der Waals surface area contributed by atoms with E-state index in [1.54, 1.807) is 7.05 Å². The standard InChI is InChI=1S/C11H13N5OS/c1-12-6-10(17)15-8-2-4-9(5-3-8)18-11-13-7-14-16-11/h2-5,7,12H,6H2,1H3,(H,15,17)(H,13,14,16). The third-order valence-corrected chi connectivity index (χ3v) is 2.98. The third-order valence-electron chi connectivity index (χ3n) is 2.08. The molecule has 0 spiro atoms. The first-order valence-corrected chi connectivity index (χ1v) is 6.17. The minimum Gasteiger partial charge on any atom is -0.325 e. The van der Waals surface area contributed by atoms with Crippen LogP contribution in [0.2, 0.25) is 0 Å². The molecular weight excluding hydrogens is 250 g/mol. The first-order chi connectivity index (χ1) is 8.78. The van der Waals surface area contributed by atoms with E-state index in [1.807, 2.05) is 24.3 Å². The molecule has 94 valence electrons. The average molecular weight is 263 g/mol. The van der Waals surface area contributed by atoms with Crippen LogP contribution in [-0.4, -0.2) is 34.7 Å². The molecule has 7 heteroatoms. The monoisotopic (exact) mass is 263 g/mol. The van der Waals surface area contributed by atoms with E-state index in [1.165, 1.54) is 18.1 Å². The SMILES string of the molecule is CNCC(=O)Nc1ccc(Sc2ncn[nH]2)cc1. The third kappa shape index (κ3) is 3.57. The Labute approximate surface area is 109 Å². The summed E-state index contributed by atoms with van der Waals surface area (Å²) in [6, 6.07) is 7.54. The Bertz CT molecular complexity index is 497. The highest BCUT2D eigenvalue weighted by atomic mass is 32.2. The summed E-state index contributed by atoms with van der Waals surface area (Å²) in [5.41, 5.74) is 0.775. The number of hydrogen-bond donors (Lipinski definition) is 3. The second kappa shape index (κ2) is 6.18. The van der Waals surface area contributed by atoms with Crippen molar-refractivity contribution in [2.75, 3.05) is 18.9 Å². The Morgan fingerprint density at radius 3 is 2.78 bits per heavy atom. The van der Waals surface area contributed by atoms with E-state index in [4.69, 9.17) is 0 Å². The summed E-state index contributed by atoms with van der Waals surface area (Å²) in [4.78, 5) is 16.4. The van der Waals surface area contributed by atoms with Crippen LogP contribution >= 0.6 is 11.8 Å². The van der Waals surface area contributed by atoms with Gasteiger partial charge in [-0.2, -0.15) is 5.10 Å². The molecule has 0 saturated heterocycles. The van der Waals surface area contributed by atoms with Gasteiger partial charge in [0.05, 0.1) is 6.54 Å². The average Bonchev–Trinajstić information content (AvgIpc) is 2.85. The van der Waals surface area contributed by atoms with Gasteiger partial charge in [0.1, 0.15) is 6.33 Å². The normalized spacial score (nSPS) is 10.3. The topological polar surface area (TPSA) is 82.7 Å². The van der Waals surface area contributed by atoms with Crippen molar-refractivity contribution in [1.29, 1.82) is 0 Å². The van der Waals surface area contributed by atoms with Crippen LogP contribution in [0.5, 0.6) is 0 Å².